The van der Waals surface area contributed by atoms with Gasteiger partial charge in [-0.2, -0.15) is 5.26 Å². The van der Waals surface area contributed by atoms with E-state index in [1.807, 2.05) is 6.92 Å². The van der Waals surface area contributed by atoms with Crippen LogP contribution >= 0.6 is 11.8 Å². The van der Waals surface area contributed by atoms with Crippen LogP contribution in [0, 0.1) is 11.3 Å². The summed E-state index contributed by atoms with van der Waals surface area (Å²) in [7, 11) is 0. The number of hydrogen-bond donors (Lipinski definition) is 1. The van der Waals surface area contributed by atoms with Crippen LogP contribution in [-0.4, -0.2) is 16.0 Å². The van der Waals surface area contributed by atoms with Gasteiger partial charge in [0.1, 0.15) is 6.07 Å². The van der Waals surface area contributed by atoms with E-state index in [9.17, 15) is 0 Å². The Labute approximate surface area is 52.0 Å². The Kier molecular flexibility index (Phi) is 4.08. The van der Waals surface area contributed by atoms with Crippen LogP contribution in [0.1, 0.15) is 6.92 Å². The summed E-state index contributed by atoms with van der Waals surface area (Å²) in [5.74, 6) is 0.757. The molecule has 0 aromatic heterocycles. The molecule has 1 N–H and O–H groups in total. The summed E-state index contributed by atoms with van der Waals surface area (Å²) < 4.78 is 0. The highest BCUT2D eigenvalue weighted by molar-refractivity contribution is 8.14. The third kappa shape index (κ3) is 2.48. The standard InChI is InChI=1S/C4H6N2OS/c1-2-8-4(3-5)6-7/h7H,2H2,1H3. The Balaban J connectivity index is 3.60. The van der Waals surface area contributed by atoms with Crippen LogP contribution in [0.25, 0.3) is 0 Å². The molecule has 0 unspecified atom stereocenters. The van der Waals surface area contributed by atoms with Crippen molar-refractivity contribution in [3.8, 4) is 6.07 Å². The van der Waals surface area contributed by atoms with Gasteiger partial charge in [0, 0.05) is 0 Å². The van der Waals surface area contributed by atoms with Gasteiger partial charge in [0.15, 0.2) is 0 Å². The van der Waals surface area contributed by atoms with Crippen molar-refractivity contribution in [3.05, 3.63) is 0 Å². The van der Waals surface area contributed by atoms with Gasteiger partial charge < -0.3 is 5.21 Å². The van der Waals surface area contributed by atoms with Crippen molar-refractivity contribution < 1.29 is 5.21 Å². The summed E-state index contributed by atoms with van der Waals surface area (Å²) in [6, 6.07) is 1.72. The molecular weight excluding hydrogens is 124 g/mol. The highest BCUT2D eigenvalue weighted by Crippen LogP contribution is 1.99. The maximum Gasteiger partial charge on any atom is 0.212 e. The van der Waals surface area contributed by atoms with Gasteiger partial charge in [-0.25, -0.2) is 0 Å². The second-order valence-corrected chi connectivity index (χ2v) is 2.20. The van der Waals surface area contributed by atoms with Gasteiger partial charge in [0.2, 0.25) is 5.04 Å². The molecule has 0 saturated carbocycles. The van der Waals surface area contributed by atoms with Gasteiger partial charge in [-0.1, -0.05) is 23.8 Å². The third-order valence-corrected chi connectivity index (χ3v) is 1.20. The first-order valence-electron chi connectivity index (χ1n) is 2.10. The van der Waals surface area contributed by atoms with E-state index in [0.29, 0.717) is 0 Å². The molecule has 0 fully saturated rings. The van der Waals surface area contributed by atoms with Crippen LogP contribution < -0.4 is 0 Å². The fraction of sp³-hybridized carbons (Fsp3) is 0.500. The van der Waals surface area contributed by atoms with Gasteiger partial charge in [0.25, 0.3) is 0 Å². The van der Waals surface area contributed by atoms with E-state index in [-0.39, 0.29) is 5.04 Å². The highest BCUT2D eigenvalue weighted by Gasteiger charge is 1.92. The molecule has 0 radical (unpaired) electrons. The zero-order valence-electron chi connectivity index (χ0n) is 4.46. The molecule has 0 heterocycles. The minimum Gasteiger partial charge on any atom is -0.409 e. The molecule has 44 valence electrons. The number of hydrogen-bond acceptors (Lipinski definition) is 4. The molecule has 8 heavy (non-hydrogen) atoms. The molecule has 0 aromatic carbocycles. The van der Waals surface area contributed by atoms with E-state index in [2.05, 4.69) is 5.16 Å². The van der Waals surface area contributed by atoms with Crippen molar-refractivity contribution in [2.75, 3.05) is 5.75 Å². The van der Waals surface area contributed by atoms with Crippen LogP contribution in [0.2, 0.25) is 0 Å². The van der Waals surface area contributed by atoms with Gasteiger partial charge in [-0.15, -0.1) is 0 Å². The Hall–Kier alpha value is -0.690. The number of nitrogens with zero attached hydrogens (tertiary/aromatic N) is 2. The van der Waals surface area contributed by atoms with Crippen molar-refractivity contribution in [2.45, 2.75) is 6.92 Å². The number of thioether (sulfide) groups is 1. The zero-order valence-corrected chi connectivity index (χ0v) is 5.27. The first kappa shape index (κ1) is 7.31. The molecule has 0 aliphatic rings. The van der Waals surface area contributed by atoms with E-state index in [0.717, 1.165) is 5.75 Å². The third-order valence-electron chi connectivity index (χ3n) is 0.468. The second-order valence-electron chi connectivity index (χ2n) is 0.950. The van der Waals surface area contributed by atoms with E-state index < -0.39 is 0 Å². The van der Waals surface area contributed by atoms with Crippen molar-refractivity contribution in [2.24, 2.45) is 5.16 Å². The molecule has 0 spiro atoms. The summed E-state index contributed by atoms with van der Waals surface area (Å²) in [4.78, 5) is 0. The Morgan fingerprint density at radius 1 is 2.00 bits per heavy atom. The first-order valence-corrected chi connectivity index (χ1v) is 3.08. The summed E-state index contributed by atoms with van der Waals surface area (Å²) >= 11 is 1.22. The Morgan fingerprint density at radius 2 is 2.62 bits per heavy atom. The van der Waals surface area contributed by atoms with E-state index in [1.54, 1.807) is 6.07 Å². The largest absolute Gasteiger partial charge is 0.409 e. The van der Waals surface area contributed by atoms with Gasteiger partial charge >= 0.3 is 0 Å². The van der Waals surface area contributed by atoms with Crippen LogP contribution in [0.3, 0.4) is 0 Å². The SMILES string of the molecule is CCSC(C#N)=NO. The summed E-state index contributed by atoms with van der Waals surface area (Å²) in [6.07, 6.45) is 0. The molecule has 0 aromatic rings. The Morgan fingerprint density at radius 3 is 2.75 bits per heavy atom. The maximum absolute atomic E-state index is 8.10. The van der Waals surface area contributed by atoms with Crippen LogP contribution in [0.15, 0.2) is 5.16 Å². The van der Waals surface area contributed by atoms with Crippen molar-refractivity contribution in [1.29, 1.82) is 5.26 Å². The van der Waals surface area contributed by atoms with E-state index in [1.165, 1.54) is 11.8 Å². The molecule has 0 atom stereocenters. The van der Waals surface area contributed by atoms with Gasteiger partial charge in [0.05, 0.1) is 0 Å². The molecule has 0 bridgehead atoms. The fourth-order valence-corrected chi connectivity index (χ4v) is 0.616. The molecule has 3 nitrogen and oxygen atoms in total. The first-order chi connectivity index (χ1) is 3.85. The predicted molar refractivity (Wildman–Crippen MR) is 33.0 cm³/mol. The molecule has 0 aliphatic carbocycles. The molecule has 0 rings (SSSR count). The minimum absolute atomic E-state index is 0.118. The number of rotatable bonds is 1. The van der Waals surface area contributed by atoms with E-state index in [4.69, 9.17) is 10.5 Å². The zero-order chi connectivity index (χ0) is 6.41. The van der Waals surface area contributed by atoms with Crippen molar-refractivity contribution in [3.63, 3.8) is 0 Å². The van der Waals surface area contributed by atoms with Crippen LogP contribution in [0.5, 0.6) is 0 Å². The highest BCUT2D eigenvalue weighted by atomic mass is 32.2. The average molecular weight is 130 g/mol. The molecule has 0 saturated heterocycles. The summed E-state index contributed by atoms with van der Waals surface area (Å²) in [5, 5.41) is 18.9. The van der Waals surface area contributed by atoms with Gasteiger partial charge in [-0.05, 0) is 5.75 Å². The van der Waals surface area contributed by atoms with E-state index >= 15 is 0 Å². The lowest BCUT2D eigenvalue weighted by atomic mass is 10.8. The lowest BCUT2D eigenvalue weighted by Gasteiger charge is -1.84. The van der Waals surface area contributed by atoms with Crippen molar-refractivity contribution in [1.82, 2.24) is 0 Å². The van der Waals surface area contributed by atoms with Crippen molar-refractivity contribution >= 4 is 16.8 Å². The lowest BCUT2D eigenvalue weighted by molar-refractivity contribution is 0.321. The van der Waals surface area contributed by atoms with Crippen LogP contribution in [-0.2, 0) is 0 Å². The van der Waals surface area contributed by atoms with Gasteiger partial charge in [-0.3, -0.25) is 0 Å². The average Bonchev–Trinajstić information content (AvgIpc) is 1.83. The molecule has 4 heteroatoms. The smallest absolute Gasteiger partial charge is 0.212 e. The molecular formula is C4H6N2OS. The molecule has 0 amide bonds. The Bertz CT molecular complexity index is 126. The summed E-state index contributed by atoms with van der Waals surface area (Å²) in [5.41, 5.74) is 0. The fourth-order valence-electron chi connectivity index (χ4n) is 0.220. The summed E-state index contributed by atoms with van der Waals surface area (Å²) in [6.45, 7) is 1.88. The minimum atomic E-state index is 0.118. The molecule has 0 aliphatic heterocycles. The quantitative estimate of drug-likeness (QED) is 0.250. The topological polar surface area (TPSA) is 56.4 Å². The lowest BCUT2D eigenvalue weighted by Crippen LogP contribution is -1.85. The monoisotopic (exact) mass is 130 g/mol. The maximum atomic E-state index is 8.10. The predicted octanol–water partition coefficient (Wildman–Crippen LogP) is 1.05. The number of nitriles is 1. The second kappa shape index (κ2) is 4.47. The number of oxime groups is 1. The normalized spacial score (nSPS) is 10.8. The van der Waals surface area contributed by atoms with Crippen LogP contribution in [0.4, 0.5) is 0 Å².